The van der Waals surface area contributed by atoms with E-state index in [4.69, 9.17) is 9.47 Å². The zero-order chi connectivity index (χ0) is 23.3. The van der Waals surface area contributed by atoms with Crippen LogP contribution in [0.1, 0.15) is 30.1 Å². The van der Waals surface area contributed by atoms with Gasteiger partial charge in [-0.05, 0) is 50.1 Å². The number of benzene rings is 1. The first-order chi connectivity index (χ1) is 15.2. The van der Waals surface area contributed by atoms with Crippen molar-refractivity contribution >= 4 is 33.5 Å². The van der Waals surface area contributed by atoms with E-state index >= 15 is 0 Å². The van der Waals surface area contributed by atoms with Crippen molar-refractivity contribution in [2.45, 2.75) is 24.7 Å². The number of carbonyl (C=O) groups excluding carboxylic acids is 1. The molecule has 32 heavy (non-hydrogen) atoms. The van der Waals surface area contributed by atoms with Crippen LogP contribution in [0.2, 0.25) is 0 Å². The molecule has 0 spiro atoms. The summed E-state index contributed by atoms with van der Waals surface area (Å²) in [7, 11) is -2.57. The molecule has 172 valence electrons. The number of sulfonamides is 1. The van der Waals surface area contributed by atoms with E-state index in [2.05, 4.69) is 9.71 Å². The number of carbonyl (C=O) groups is 2. The standard InChI is InChI=1S/C21H25N3O7S/c1-3-31-21(27)14-5-4-10-24(13-14)19-18(11-15(12-22-19)20(25)26)23-32(28,29)17-8-6-16(30-2)7-9-17/h6-9,11-12,14,23H,3-5,10,13H2,1-2H3,(H,25,26). The van der Waals surface area contributed by atoms with Crippen LogP contribution in [-0.4, -0.2) is 57.3 Å². The molecule has 2 N–H and O–H groups in total. The fraction of sp³-hybridized carbons (Fsp3) is 0.381. The SMILES string of the molecule is CCOC(=O)C1CCCN(c2ncc(C(=O)O)cc2NS(=O)(=O)c2ccc(OC)cc2)C1. The molecule has 1 unspecified atom stereocenters. The Bertz CT molecular complexity index is 1090. The van der Waals surface area contributed by atoms with Gasteiger partial charge >= 0.3 is 11.9 Å². The molecule has 1 aliphatic rings. The molecule has 3 rings (SSSR count). The third-order valence-corrected chi connectivity index (χ3v) is 6.45. The predicted molar refractivity (Wildman–Crippen MR) is 117 cm³/mol. The monoisotopic (exact) mass is 463 g/mol. The summed E-state index contributed by atoms with van der Waals surface area (Å²) in [5.41, 5.74) is -0.148. The fourth-order valence-electron chi connectivity index (χ4n) is 3.48. The van der Waals surface area contributed by atoms with Crippen molar-refractivity contribution < 1.29 is 32.6 Å². The number of piperidine rings is 1. The van der Waals surface area contributed by atoms with Crippen LogP contribution >= 0.6 is 0 Å². The number of esters is 1. The molecule has 2 heterocycles. The Kier molecular flexibility index (Phi) is 7.18. The van der Waals surface area contributed by atoms with Gasteiger partial charge in [0.05, 0.1) is 35.8 Å². The Balaban J connectivity index is 1.94. The number of rotatable bonds is 8. The molecule has 0 radical (unpaired) electrons. The van der Waals surface area contributed by atoms with E-state index in [9.17, 15) is 23.1 Å². The number of anilines is 2. The lowest BCUT2D eigenvalue weighted by Crippen LogP contribution is -2.40. The Morgan fingerprint density at radius 3 is 2.62 bits per heavy atom. The molecule has 10 nitrogen and oxygen atoms in total. The number of aromatic nitrogens is 1. The van der Waals surface area contributed by atoms with Crippen molar-refractivity contribution in [1.82, 2.24) is 4.98 Å². The van der Waals surface area contributed by atoms with Gasteiger partial charge in [0, 0.05) is 19.3 Å². The molecule has 1 aliphatic heterocycles. The molecule has 11 heteroatoms. The number of pyridine rings is 1. The van der Waals surface area contributed by atoms with Crippen LogP contribution in [0, 0.1) is 5.92 Å². The highest BCUT2D eigenvalue weighted by Gasteiger charge is 2.30. The third kappa shape index (κ3) is 5.28. The number of aromatic carboxylic acids is 1. The lowest BCUT2D eigenvalue weighted by molar-refractivity contribution is -0.148. The summed E-state index contributed by atoms with van der Waals surface area (Å²) in [5, 5.41) is 9.35. The highest BCUT2D eigenvalue weighted by molar-refractivity contribution is 7.92. The van der Waals surface area contributed by atoms with E-state index in [1.54, 1.807) is 11.8 Å². The molecule has 0 aliphatic carbocycles. The number of nitrogens with zero attached hydrogens (tertiary/aromatic N) is 2. The maximum Gasteiger partial charge on any atom is 0.337 e. The molecule has 1 saturated heterocycles. The first kappa shape index (κ1) is 23.3. The predicted octanol–water partition coefficient (Wildman–Crippen LogP) is 2.37. The number of methoxy groups -OCH3 is 1. The summed E-state index contributed by atoms with van der Waals surface area (Å²) in [6.07, 6.45) is 2.49. The summed E-state index contributed by atoms with van der Waals surface area (Å²) in [4.78, 5) is 29.6. The van der Waals surface area contributed by atoms with Crippen LogP contribution < -0.4 is 14.4 Å². The van der Waals surface area contributed by atoms with Gasteiger partial charge < -0.3 is 19.5 Å². The summed E-state index contributed by atoms with van der Waals surface area (Å²) in [6, 6.07) is 7.01. The molecular weight excluding hydrogens is 438 g/mol. The maximum absolute atomic E-state index is 13.0. The summed E-state index contributed by atoms with van der Waals surface area (Å²) in [6.45, 7) is 2.83. The second kappa shape index (κ2) is 9.86. The van der Waals surface area contributed by atoms with Crippen molar-refractivity contribution in [3.05, 3.63) is 42.1 Å². The topological polar surface area (TPSA) is 135 Å². The summed E-state index contributed by atoms with van der Waals surface area (Å²) >= 11 is 0. The largest absolute Gasteiger partial charge is 0.497 e. The minimum atomic E-state index is -4.04. The number of ether oxygens (including phenoxy) is 2. The minimum Gasteiger partial charge on any atom is -0.497 e. The van der Waals surface area contributed by atoms with Gasteiger partial charge in [0.25, 0.3) is 10.0 Å². The molecule has 1 atom stereocenters. The number of carboxylic acids is 1. The van der Waals surface area contributed by atoms with Crippen LogP contribution in [0.25, 0.3) is 0 Å². The van der Waals surface area contributed by atoms with Crippen molar-refractivity contribution in [1.29, 1.82) is 0 Å². The van der Waals surface area contributed by atoms with Crippen molar-refractivity contribution in [2.24, 2.45) is 5.92 Å². The first-order valence-corrected chi connectivity index (χ1v) is 11.5. The molecule has 1 fully saturated rings. The van der Waals surface area contributed by atoms with Gasteiger partial charge in [-0.1, -0.05) is 0 Å². The fourth-order valence-corrected chi connectivity index (χ4v) is 4.53. The number of carboxylic acid groups (broad SMARTS) is 1. The van der Waals surface area contributed by atoms with Crippen molar-refractivity contribution in [3.63, 3.8) is 0 Å². The van der Waals surface area contributed by atoms with E-state index in [0.717, 1.165) is 6.20 Å². The Labute approximate surface area is 186 Å². The second-order valence-corrected chi connectivity index (χ2v) is 8.90. The van der Waals surface area contributed by atoms with E-state index in [1.165, 1.54) is 37.4 Å². The molecule has 0 amide bonds. The average molecular weight is 464 g/mol. The first-order valence-electron chi connectivity index (χ1n) is 10.1. The quantitative estimate of drug-likeness (QED) is 0.566. The van der Waals surface area contributed by atoms with Crippen LogP contribution in [-0.2, 0) is 19.6 Å². The van der Waals surface area contributed by atoms with Crippen LogP contribution in [0.4, 0.5) is 11.5 Å². The van der Waals surface area contributed by atoms with Gasteiger partial charge in [-0.15, -0.1) is 0 Å². The zero-order valence-corrected chi connectivity index (χ0v) is 18.6. The Morgan fingerprint density at radius 1 is 1.28 bits per heavy atom. The van der Waals surface area contributed by atoms with Gasteiger partial charge in [0.15, 0.2) is 5.82 Å². The van der Waals surface area contributed by atoms with Gasteiger partial charge in [-0.3, -0.25) is 9.52 Å². The van der Waals surface area contributed by atoms with Crippen molar-refractivity contribution in [2.75, 3.05) is 36.4 Å². The van der Waals surface area contributed by atoms with E-state index in [0.29, 0.717) is 25.1 Å². The number of hydrogen-bond acceptors (Lipinski definition) is 8. The highest BCUT2D eigenvalue weighted by atomic mass is 32.2. The van der Waals surface area contributed by atoms with Gasteiger partial charge in [-0.2, -0.15) is 0 Å². The number of hydrogen-bond donors (Lipinski definition) is 2. The van der Waals surface area contributed by atoms with Gasteiger partial charge in [0.2, 0.25) is 0 Å². The maximum atomic E-state index is 13.0. The minimum absolute atomic E-state index is 0.0187. The third-order valence-electron chi connectivity index (χ3n) is 5.07. The van der Waals surface area contributed by atoms with Gasteiger partial charge in [-0.25, -0.2) is 18.2 Å². The molecular formula is C21H25N3O7S. The lowest BCUT2D eigenvalue weighted by Gasteiger charge is -2.33. The summed E-state index contributed by atoms with van der Waals surface area (Å²) < 4.78 is 38.5. The molecule has 0 bridgehead atoms. The zero-order valence-electron chi connectivity index (χ0n) is 17.8. The number of nitrogens with one attached hydrogen (secondary N) is 1. The molecule has 1 aromatic carbocycles. The normalized spacial score (nSPS) is 16.3. The van der Waals surface area contributed by atoms with E-state index in [1.807, 2.05) is 0 Å². The average Bonchev–Trinajstić information content (AvgIpc) is 2.79. The van der Waals surface area contributed by atoms with E-state index < -0.39 is 16.0 Å². The van der Waals surface area contributed by atoms with E-state index in [-0.39, 0.29) is 47.0 Å². The Hall–Kier alpha value is -3.34. The van der Waals surface area contributed by atoms with Crippen LogP contribution in [0.15, 0.2) is 41.4 Å². The second-order valence-electron chi connectivity index (χ2n) is 7.22. The summed E-state index contributed by atoms with van der Waals surface area (Å²) in [5.74, 6) is -1.19. The lowest BCUT2D eigenvalue weighted by atomic mass is 9.98. The molecule has 2 aromatic rings. The molecule has 1 aromatic heterocycles. The smallest absolute Gasteiger partial charge is 0.337 e. The van der Waals surface area contributed by atoms with Gasteiger partial charge in [0.1, 0.15) is 5.75 Å². The highest BCUT2D eigenvalue weighted by Crippen LogP contribution is 2.31. The van der Waals surface area contributed by atoms with Crippen molar-refractivity contribution in [3.8, 4) is 5.75 Å². The molecule has 0 saturated carbocycles. The van der Waals surface area contributed by atoms with Crippen LogP contribution in [0.5, 0.6) is 5.75 Å². The van der Waals surface area contributed by atoms with Crippen LogP contribution in [0.3, 0.4) is 0 Å². The Morgan fingerprint density at radius 2 is 2.00 bits per heavy atom.